The number of aromatic nitrogens is 1. The van der Waals surface area contributed by atoms with Gasteiger partial charge in [-0.2, -0.15) is 0 Å². The smallest absolute Gasteiger partial charge is 0.276 e. The van der Waals surface area contributed by atoms with Crippen molar-refractivity contribution < 1.29 is 14.6 Å². The van der Waals surface area contributed by atoms with E-state index in [1.165, 1.54) is 41.0 Å². The number of allylic oxidation sites excluding steroid dienone is 2. The summed E-state index contributed by atoms with van der Waals surface area (Å²) < 4.78 is 1.49. The molecule has 1 aromatic heterocycles. The second kappa shape index (κ2) is 8.45. The van der Waals surface area contributed by atoms with Crippen LogP contribution in [0.25, 0.3) is 6.08 Å². The third-order valence-corrected chi connectivity index (χ3v) is 7.33. The van der Waals surface area contributed by atoms with Crippen LogP contribution in [0.2, 0.25) is 0 Å². The maximum absolute atomic E-state index is 13.7. The largest absolute Gasteiger partial charge is 0.294 e. The van der Waals surface area contributed by atoms with Crippen molar-refractivity contribution in [2.24, 2.45) is 10.4 Å². The van der Waals surface area contributed by atoms with Crippen LogP contribution in [-0.2, 0) is 4.79 Å². The Balaban J connectivity index is 1.83. The average Bonchev–Trinajstić information content (AvgIpc) is 3.11. The van der Waals surface area contributed by atoms with Crippen molar-refractivity contribution in [3.8, 4) is 0 Å². The third-order valence-electron chi connectivity index (χ3n) is 6.34. The van der Waals surface area contributed by atoms with E-state index < -0.39 is 21.4 Å². The SMILES string of the molecule is CC1(C)CC(=O)C2=C(C1)N=c1sc(=Cc3ccccc3[N+](=O)[O-])c(=O)n1C2c1ccccc1[N+](=O)[O-]. The zero-order valence-electron chi connectivity index (χ0n) is 19.3. The van der Waals surface area contributed by atoms with Gasteiger partial charge >= 0.3 is 0 Å². The predicted molar refractivity (Wildman–Crippen MR) is 132 cm³/mol. The molecule has 5 rings (SSSR count). The molecule has 0 bridgehead atoms. The number of carbonyl (C=O) groups excluding carboxylic acids is 1. The molecule has 0 fully saturated rings. The molecule has 1 aliphatic carbocycles. The minimum atomic E-state index is -1.02. The van der Waals surface area contributed by atoms with Crippen LogP contribution in [0, 0.1) is 25.6 Å². The van der Waals surface area contributed by atoms with Crippen LogP contribution in [0.1, 0.15) is 43.9 Å². The van der Waals surface area contributed by atoms with Gasteiger partial charge in [0.1, 0.15) is 6.04 Å². The van der Waals surface area contributed by atoms with Gasteiger partial charge in [-0.3, -0.25) is 34.4 Å². The Bertz CT molecular complexity index is 1680. The van der Waals surface area contributed by atoms with Gasteiger partial charge < -0.3 is 0 Å². The lowest BCUT2D eigenvalue weighted by molar-refractivity contribution is -0.385. The van der Waals surface area contributed by atoms with Crippen LogP contribution < -0.4 is 14.9 Å². The minimum absolute atomic E-state index is 0.158. The Labute approximate surface area is 207 Å². The van der Waals surface area contributed by atoms with Gasteiger partial charge in [-0.25, -0.2) is 4.99 Å². The Hall–Kier alpha value is -4.25. The van der Waals surface area contributed by atoms with Gasteiger partial charge in [-0.1, -0.05) is 49.4 Å². The highest BCUT2D eigenvalue weighted by molar-refractivity contribution is 7.07. The molecule has 2 heterocycles. The first-order chi connectivity index (χ1) is 17.1. The normalized spacial score (nSPS) is 18.9. The summed E-state index contributed by atoms with van der Waals surface area (Å²) in [6.45, 7) is 3.90. The monoisotopic (exact) mass is 504 g/mol. The summed E-state index contributed by atoms with van der Waals surface area (Å²) in [7, 11) is 0. The summed E-state index contributed by atoms with van der Waals surface area (Å²) in [4.78, 5) is 54.3. The standard InChI is InChI=1S/C25H20N4O6S/c1-25(2)12-16-21(19(30)13-25)22(15-8-4-6-10-18(15)29(34)35)27-23(31)20(36-24(27)26-16)11-14-7-3-5-9-17(14)28(32)33/h3-11,22H,12-13H2,1-2H3. The highest BCUT2D eigenvalue weighted by Crippen LogP contribution is 2.44. The van der Waals surface area contributed by atoms with Crippen molar-refractivity contribution in [2.75, 3.05) is 0 Å². The molecule has 182 valence electrons. The number of fused-ring (bicyclic) bond motifs is 1. The fourth-order valence-electron chi connectivity index (χ4n) is 4.85. The lowest BCUT2D eigenvalue weighted by atomic mass is 9.73. The van der Waals surface area contributed by atoms with E-state index in [1.807, 2.05) is 13.8 Å². The number of hydrogen-bond donors (Lipinski definition) is 0. The minimum Gasteiger partial charge on any atom is -0.294 e. The number of nitrogens with zero attached hydrogens (tertiary/aromatic N) is 4. The summed E-state index contributed by atoms with van der Waals surface area (Å²) in [5.74, 6) is -0.207. The van der Waals surface area contributed by atoms with Gasteiger partial charge in [0.25, 0.3) is 16.9 Å². The fourth-order valence-corrected chi connectivity index (χ4v) is 5.86. The quantitative estimate of drug-likeness (QED) is 0.394. The lowest BCUT2D eigenvalue weighted by Crippen LogP contribution is -2.42. The number of ketones is 1. The van der Waals surface area contributed by atoms with Crippen LogP contribution in [0.5, 0.6) is 0 Å². The van der Waals surface area contributed by atoms with Gasteiger partial charge in [-0.05, 0) is 30.0 Å². The van der Waals surface area contributed by atoms with Crippen molar-refractivity contribution in [3.05, 3.63) is 111 Å². The summed E-state index contributed by atoms with van der Waals surface area (Å²) >= 11 is 1.04. The maximum atomic E-state index is 13.7. The molecule has 0 amide bonds. The number of carbonyl (C=O) groups is 1. The van der Waals surface area contributed by atoms with Crippen molar-refractivity contribution in [2.45, 2.75) is 32.7 Å². The second-order valence-electron chi connectivity index (χ2n) is 9.52. The second-order valence-corrected chi connectivity index (χ2v) is 10.5. The molecule has 0 saturated heterocycles. The predicted octanol–water partition coefficient (Wildman–Crippen LogP) is 3.42. The molecular weight excluding hydrogens is 484 g/mol. The van der Waals surface area contributed by atoms with Crippen LogP contribution >= 0.6 is 11.3 Å². The molecule has 0 radical (unpaired) electrons. The summed E-state index contributed by atoms with van der Waals surface area (Å²) in [5.41, 5.74) is 0.0195. The molecule has 1 aliphatic heterocycles. The first kappa shape index (κ1) is 23.5. The van der Waals surface area contributed by atoms with E-state index in [1.54, 1.807) is 18.2 Å². The number of nitro benzene ring substituents is 2. The molecule has 1 atom stereocenters. The molecule has 2 aliphatic rings. The van der Waals surface area contributed by atoms with Gasteiger partial charge in [0.2, 0.25) is 0 Å². The molecule has 1 unspecified atom stereocenters. The van der Waals surface area contributed by atoms with E-state index in [0.29, 0.717) is 12.1 Å². The molecule has 0 saturated carbocycles. The Kier molecular flexibility index (Phi) is 5.51. The number of Topliss-reactive ketones (excluding diaryl/α,β-unsaturated/α-hetero) is 1. The molecule has 10 nitrogen and oxygen atoms in total. The molecule has 0 spiro atoms. The number of thiazole rings is 1. The van der Waals surface area contributed by atoms with E-state index in [9.17, 15) is 29.8 Å². The Morgan fingerprint density at radius 3 is 2.33 bits per heavy atom. The van der Waals surface area contributed by atoms with Crippen LogP contribution in [0.4, 0.5) is 11.4 Å². The zero-order valence-corrected chi connectivity index (χ0v) is 20.2. The average molecular weight is 505 g/mol. The van der Waals surface area contributed by atoms with E-state index in [2.05, 4.69) is 4.99 Å². The zero-order chi connectivity index (χ0) is 25.8. The lowest BCUT2D eigenvalue weighted by Gasteiger charge is -2.35. The van der Waals surface area contributed by atoms with E-state index in [-0.39, 0.29) is 55.0 Å². The highest BCUT2D eigenvalue weighted by atomic mass is 32.1. The number of nitro groups is 2. The first-order valence-electron chi connectivity index (χ1n) is 11.1. The fraction of sp³-hybridized carbons (Fsp3) is 0.240. The number of para-hydroxylation sites is 2. The van der Waals surface area contributed by atoms with E-state index >= 15 is 0 Å². The molecule has 36 heavy (non-hydrogen) atoms. The Morgan fingerprint density at radius 1 is 1.00 bits per heavy atom. The molecule has 0 N–H and O–H groups in total. The first-order valence-corrected chi connectivity index (χ1v) is 11.9. The van der Waals surface area contributed by atoms with E-state index in [0.717, 1.165) is 11.3 Å². The summed E-state index contributed by atoms with van der Waals surface area (Å²) in [6, 6.07) is 11.1. The molecule has 11 heteroatoms. The third kappa shape index (κ3) is 3.87. The molecular formula is C25H20N4O6S. The van der Waals surface area contributed by atoms with Crippen LogP contribution in [0.3, 0.4) is 0 Å². The summed E-state index contributed by atoms with van der Waals surface area (Å²) in [5, 5.41) is 23.4. The van der Waals surface area contributed by atoms with Gasteiger partial charge in [0, 0.05) is 24.1 Å². The van der Waals surface area contributed by atoms with Gasteiger partial charge in [-0.15, -0.1) is 0 Å². The number of benzene rings is 2. The maximum Gasteiger partial charge on any atom is 0.276 e. The number of hydrogen-bond acceptors (Lipinski definition) is 8. The van der Waals surface area contributed by atoms with Crippen LogP contribution in [0.15, 0.2) is 69.6 Å². The van der Waals surface area contributed by atoms with E-state index in [4.69, 9.17) is 0 Å². The summed E-state index contributed by atoms with van der Waals surface area (Å²) in [6.07, 6.45) is 2.12. The van der Waals surface area contributed by atoms with Crippen molar-refractivity contribution in [3.63, 3.8) is 0 Å². The highest BCUT2D eigenvalue weighted by Gasteiger charge is 2.42. The van der Waals surface area contributed by atoms with Crippen LogP contribution in [-0.4, -0.2) is 20.2 Å². The van der Waals surface area contributed by atoms with Gasteiger partial charge in [0.15, 0.2) is 10.6 Å². The topological polar surface area (TPSA) is 138 Å². The van der Waals surface area contributed by atoms with Crippen molar-refractivity contribution in [1.29, 1.82) is 0 Å². The molecule has 2 aromatic carbocycles. The van der Waals surface area contributed by atoms with Crippen molar-refractivity contribution in [1.82, 2.24) is 4.57 Å². The number of rotatable bonds is 4. The molecule has 3 aromatic rings. The van der Waals surface area contributed by atoms with Gasteiger partial charge in [0.05, 0.1) is 31.2 Å². The Morgan fingerprint density at radius 2 is 1.64 bits per heavy atom. The van der Waals surface area contributed by atoms with Crippen molar-refractivity contribution >= 4 is 34.6 Å².